The maximum absolute atomic E-state index is 5.46. The summed E-state index contributed by atoms with van der Waals surface area (Å²) < 4.78 is 0. The van der Waals surface area contributed by atoms with Gasteiger partial charge < -0.3 is 5.73 Å². The summed E-state index contributed by atoms with van der Waals surface area (Å²) in [6.45, 7) is 6.02. The van der Waals surface area contributed by atoms with Crippen LogP contribution in [-0.2, 0) is 0 Å². The van der Waals surface area contributed by atoms with E-state index < -0.39 is 0 Å². The van der Waals surface area contributed by atoms with Gasteiger partial charge in [-0.1, -0.05) is 26.0 Å². The van der Waals surface area contributed by atoms with E-state index in [0.29, 0.717) is 0 Å². The van der Waals surface area contributed by atoms with Gasteiger partial charge in [-0.05, 0) is 37.1 Å². The lowest BCUT2D eigenvalue weighted by Crippen LogP contribution is -1.82. The fraction of sp³-hybridized carbons (Fsp3) is 0.455. The first-order valence-electron chi connectivity index (χ1n) is 4.43. The highest BCUT2D eigenvalue weighted by Crippen LogP contribution is 2.03. The van der Waals surface area contributed by atoms with Crippen molar-refractivity contribution in [3.63, 3.8) is 0 Å². The molecule has 0 saturated carbocycles. The van der Waals surface area contributed by atoms with Crippen LogP contribution in [0.15, 0.2) is 24.3 Å². The van der Waals surface area contributed by atoms with Gasteiger partial charge in [-0.3, -0.25) is 0 Å². The zero-order valence-corrected chi connectivity index (χ0v) is 10.1. The maximum Gasteiger partial charge on any atom is 0.0316 e. The van der Waals surface area contributed by atoms with Crippen LogP contribution in [0.3, 0.4) is 0 Å². The Morgan fingerprint density at radius 3 is 1.85 bits per heavy atom. The monoisotopic (exact) mass is 199 g/mol. The van der Waals surface area contributed by atoms with Gasteiger partial charge in [0, 0.05) is 5.69 Å². The van der Waals surface area contributed by atoms with Gasteiger partial charge in [-0.15, -0.1) is 0 Å². The van der Waals surface area contributed by atoms with Crippen LogP contribution >= 0.6 is 11.8 Å². The van der Waals surface area contributed by atoms with Crippen molar-refractivity contribution in [1.82, 2.24) is 0 Å². The highest BCUT2D eigenvalue weighted by molar-refractivity contribution is 7.97. The number of rotatable bonds is 0. The summed E-state index contributed by atoms with van der Waals surface area (Å²) in [6.07, 6.45) is 4.08. The van der Waals surface area contributed by atoms with E-state index in [9.17, 15) is 0 Å². The van der Waals surface area contributed by atoms with Crippen LogP contribution in [0.25, 0.3) is 0 Å². The molecule has 0 amide bonds. The van der Waals surface area contributed by atoms with Gasteiger partial charge in [0.2, 0.25) is 0 Å². The summed E-state index contributed by atoms with van der Waals surface area (Å²) in [4.78, 5) is 0. The number of anilines is 1. The molecule has 0 atom stereocenters. The van der Waals surface area contributed by atoms with Crippen LogP contribution in [0, 0.1) is 6.92 Å². The van der Waals surface area contributed by atoms with Gasteiger partial charge >= 0.3 is 0 Å². The molecule has 1 rings (SSSR count). The van der Waals surface area contributed by atoms with Crippen molar-refractivity contribution >= 4 is 17.4 Å². The molecule has 1 aromatic rings. The van der Waals surface area contributed by atoms with E-state index in [0.717, 1.165) is 5.69 Å². The zero-order valence-electron chi connectivity index (χ0n) is 9.29. The predicted octanol–water partition coefficient (Wildman–Crippen LogP) is 3.58. The Kier molecular flexibility index (Phi) is 13.0. The van der Waals surface area contributed by atoms with Gasteiger partial charge in [-0.2, -0.15) is 11.8 Å². The largest absolute Gasteiger partial charge is 0.399 e. The van der Waals surface area contributed by atoms with E-state index in [4.69, 9.17) is 5.73 Å². The Hall–Kier alpha value is -0.630. The summed E-state index contributed by atoms with van der Waals surface area (Å²) in [7, 11) is 0. The standard InChI is InChI=1S/C7H9N.C2H6S.C2H6/c1-6-3-2-4-7(8)5-6;1-3-2;1-2/h2-5H,8H2,1H3;1-2H3;1-2H3. The first-order valence-corrected chi connectivity index (χ1v) is 6.06. The zero-order chi connectivity index (χ0) is 10.7. The Morgan fingerprint density at radius 2 is 1.62 bits per heavy atom. The van der Waals surface area contributed by atoms with Crippen molar-refractivity contribution < 1.29 is 0 Å². The number of nitrogen functional groups attached to an aromatic ring is 1. The summed E-state index contributed by atoms with van der Waals surface area (Å²) in [6, 6.07) is 7.80. The minimum Gasteiger partial charge on any atom is -0.399 e. The van der Waals surface area contributed by atoms with Crippen LogP contribution in [0.5, 0.6) is 0 Å². The molecule has 0 saturated heterocycles. The van der Waals surface area contributed by atoms with Gasteiger partial charge in [0.05, 0.1) is 0 Å². The molecule has 0 aliphatic carbocycles. The number of hydrogen-bond donors (Lipinski definition) is 1. The second kappa shape index (κ2) is 11.4. The summed E-state index contributed by atoms with van der Waals surface area (Å²) in [5.41, 5.74) is 7.51. The Morgan fingerprint density at radius 1 is 1.15 bits per heavy atom. The highest BCUT2D eigenvalue weighted by atomic mass is 32.2. The Labute approximate surface area is 86.7 Å². The van der Waals surface area contributed by atoms with Crippen LogP contribution in [-0.4, -0.2) is 12.5 Å². The van der Waals surface area contributed by atoms with Crippen LogP contribution in [0.1, 0.15) is 19.4 Å². The van der Waals surface area contributed by atoms with Crippen molar-refractivity contribution in [3.8, 4) is 0 Å². The highest BCUT2D eigenvalue weighted by Gasteiger charge is 1.81. The van der Waals surface area contributed by atoms with Crippen LogP contribution in [0.2, 0.25) is 0 Å². The SMILES string of the molecule is CC.CSC.Cc1cccc(N)c1. The van der Waals surface area contributed by atoms with Crippen molar-refractivity contribution in [2.75, 3.05) is 18.2 Å². The van der Waals surface area contributed by atoms with Gasteiger partial charge in [0.1, 0.15) is 0 Å². The minimum absolute atomic E-state index is 0.838. The maximum atomic E-state index is 5.46. The van der Waals surface area contributed by atoms with E-state index in [1.54, 1.807) is 11.8 Å². The lowest BCUT2D eigenvalue weighted by molar-refractivity contribution is 1.47. The third-order valence-corrected chi connectivity index (χ3v) is 1.04. The summed E-state index contributed by atoms with van der Waals surface area (Å²) in [5, 5.41) is 0. The van der Waals surface area contributed by atoms with Crippen molar-refractivity contribution in [2.24, 2.45) is 0 Å². The average molecular weight is 199 g/mol. The number of benzene rings is 1. The Balaban J connectivity index is 0. The van der Waals surface area contributed by atoms with Crippen molar-refractivity contribution in [2.45, 2.75) is 20.8 Å². The molecular formula is C11H21NS. The predicted molar refractivity (Wildman–Crippen MR) is 66.4 cm³/mol. The van der Waals surface area contributed by atoms with E-state index in [1.807, 2.05) is 57.5 Å². The number of hydrogen-bond acceptors (Lipinski definition) is 2. The summed E-state index contributed by atoms with van der Waals surface area (Å²) >= 11 is 1.75. The fourth-order valence-electron chi connectivity index (χ4n) is 0.670. The molecule has 0 bridgehead atoms. The lowest BCUT2D eigenvalue weighted by atomic mass is 10.2. The first kappa shape index (κ1) is 14.9. The van der Waals surface area contributed by atoms with Crippen LogP contribution in [0.4, 0.5) is 5.69 Å². The smallest absolute Gasteiger partial charge is 0.0316 e. The second-order valence-electron chi connectivity index (χ2n) is 2.32. The molecule has 1 aromatic carbocycles. The molecule has 13 heavy (non-hydrogen) atoms. The quantitative estimate of drug-likeness (QED) is 0.646. The van der Waals surface area contributed by atoms with E-state index in [2.05, 4.69) is 0 Å². The normalized spacial score (nSPS) is 7.46. The minimum atomic E-state index is 0.838. The molecule has 0 fully saturated rings. The molecule has 1 nitrogen and oxygen atoms in total. The average Bonchev–Trinajstić information content (AvgIpc) is 2.08. The van der Waals surface area contributed by atoms with E-state index >= 15 is 0 Å². The number of nitrogens with two attached hydrogens (primary N) is 1. The second-order valence-corrected chi connectivity index (χ2v) is 3.14. The third-order valence-electron chi connectivity index (χ3n) is 1.04. The van der Waals surface area contributed by atoms with Crippen molar-refractivity contribution in [3.05, 3.63) is 29.8 Å². The Bertz CT molecular complexity index is 182. The number of aryl methyl sites for hydroxylation is 1. The first-order chi connectivity index (χ1) is 6.20. The molecule has 0 aliphatic rings. The van der Waals surface area contributed by atoms with Gasteiger partial charge in [-0.25, -0.2) is 0 Å². The molecule has 0 aliphatic heterocycles. The van der Waals surface area contributed by atoms with Gasteiger partial charge in [0.25, 0.3) is 0 Å². The third kappa shape index (κ3) is 11.4. The fourth-order valence-corrected chi connectivity index (χ4v) is 0.670. The molecular weight excluding hydrogens is 178 g/mol. The molecule has 0 spiro atoms. The number of thioether (sulfide) groups is 1. The molecule has 0 radical (unpaired) electrons. The molecule has 76 valence electrons. The molecule has 0 heterocycles. The topological polar surface area (TPSA) is 26.0 Å². The lowest BCUT2D eigenvalue weighted by Gasteiger charge is -1.91. The molecule has 2 N–H and O–H groups in total. The molecule has 0 unspecified atom stereocenters. The molecule has 0 aromatic heterocycles. The summed E-state index contributed by atoms with van der Waals surface area (Å²) in [5.74, 6) is 0. The van der Waals surface area contributed by atoms with Crippen molar-refractivity contribution in [1.29, 1.82) is 0 Å². The molecule has 2 heteroatoms. The van der Waals surface area contributed by atoms with Crippen LogP contribution < -0.4 is 5.73 Å². The van der Waals surface area contributed by atoms with E-state index in [-0.39, 0.29) is 0 Å². The van der Waals surface area contributed by atoms with E-state index in [1.165, 1.54) is 5.56 Å². The van der Waals surface area contributed by atoms with Gasteiger partial charge in [0.15, 0.2) is 0 Å².